The van der Waals surface area contributed by atoms with Crippen LogP contribution in [0.3, 0.4) is 0 Å². The van der Waals surface area contributed by atoms with Gasteiger partial charge in [0.2, 0.25) is 0 Å². The minimum absolute atomic E-state index is 0.492. The molecule has 1 nitrogen and oxygen atoms in total. The van der Waals surface area contributed by atoms with Gasteiger partial charge in [-0.3, -0.25) is 0 Å². The molecule has 0 aromatic rings. The lowest BCUT2D eigenvalue weighted by molar-refractivity contribution is 0.230. The molecule has 0 saturated heterocycles. The van der Waals surface area contributed by atoms with E-state index in [1.807, 2.05) is 0 Å². The van der Waals surface area contributed by atoms with Crippen LogP contribution in [0.15, 0.2) is 0 Å². The molecule has 0 amide bonds. The molecule has 0 aliphatic heterocycles. The molecule has 0 radical (unpaired) electrons. The second-order valence-electron chi connectivity index (χ2n) is 4.54. The Labute approximate surface area is 63.0 Å². The maximum absolute atomic E-state index is 6.10. The number of fused-ring (bicyclic) bond motifs is 2. The maximum atomic E-state index is 6.10. The lowest BCUT2D eigenvalue weighted by atomic mass is 9.78. The van der Waals surface area contributed by atoms with Crippen molar-refractivity contribution in [3.05, 3.63) is 0 Å². The molecule has 0 aromatic carbocycles. The van der Waals surface area contributed by atoms with Gasteiger partial charge in [-0.1, -0.05) is 13.8 Å². The summed E-state index contributed by atoms with van der Waals surface area (Å²) in [5.74, 6) is 1.75. The van der Waals surface area contributed by atoms with Crippen molar-refractivity contribution in [2.75, 3.05) is 0 Å². The SMILES string of the molecule is C[C@@H]1[C@H]2CC[C@](C)(C2)[C@H]1N. The molecule has 10 heavy (non-hydrogen) atoms. The van der Waals surface area contributed by atoms with Crippen LogP contribution in [0, 0.1) is 17.3 Å². The van der Waals surface area contributed by atoms with Gasteiger partial charge in [0, 0.05) is 6.04 Å². The average Bonchev–Trinajstić information content (AvgIpc) is 2.35. The molecule has 2 rings (SSSR count). The first-order valence-corrected chi connectivity index (χ1v) is 4.39. The molecule has 2 saturated carbocycles. The van der Waals surface area contributed by atoms with E-state index >= 15 is 0 Å². The van der Waals surface area contributed by atoms with E-state index in [2.05, 4.69) is 13.8 Å². The maximum Gasteiger partial charge on any atom is 0.0121 e. The molecule has 4 atom stereocenters. The topological polar surface area (TPSA) is 26.0 Å². The van der Waals surface area contributed by atoms with E-state index < -0.39 is 0 Å². The number of hydrogen-bond acceptors (Lipinski definition) is 1. The fourth-order valence-electron chi connectivity index (χ4n) is 3.00. The largest absolute Gasteiger partial charge is 0.327 e. The summed E-state index contributed by atoms with van der Waals surface area (Å²) in [6.07, 6.45) is 4.21. The monoisotopic (exact) mass is 139 g/mol. The van der Waals surface area contributed by atoms with Crippen LogP contribution in [-0.2, 0) is 0 Å². The van der Waals surface area contributed by atoms with Gasteiger partial charge in [0.1, 0.15) is 0 Å². The summed E-state index contributed by atoms with van der Waals surface area (Å²) in [7, 11) is 0. The van der Waals surface area contributed by atoms with Gasteiger partial charge in [0.05, 0.1) is 0 Å². The van der Waals surface area contributed by atoms with Crippen molar-refractivity contribution in [3.63, 3.8) is 0 Å². The quantitative estimate of drug-likeness (QED) is 0.544. The molecule has 2 fully saturated rings. The molecule has 0 spiro atoms. The summed E-state index contributed by atoms with van der Waals surface area (Å²) in [6, 6.07) is 0.492. The number of nitrogens with two attached hydrogens (primary N) is 1. The molecule has 2 aliphatic rings. The average molecular weight is 139 g/mol. The van der Waals surface area contributed by atoms with Crippen molar-refractivity contribution in [3.8, 4) is 0 Å². The Hall–Kier alpha value is -0.0400. The molecular weight excluding hydrogens is 122 g/mol. The second kappa shape index (κ2) is 1.76. The highest BCUT2D eigenvalue weighted by molar-refractivity contribution is 5.04. The van der Waals surface area contributed by atoms with Crippen molar-refractivity contribution in [2.45, 2.75) is 39.2 Å². The molecule has 0 aromatic heterocycles. The summed E-state index contributed by atoms with van der Waals surface area (Å²) in [5, 5.41) is 0. The summed E-state index contributed by atoms with van der Waals surface area (Å²) < 4.78 is 0. The van der Waals surface area contributed by atoms with Gasteiger partial charge < -0.3 is 5.73 Å². The third-order valence-electron chi connectivity index (χ3n) is 3.93. The van der Waals surface area contributed by atoms with E-state index in [-0.39, 0.29) is 0 Å². The first kappa shape index (κ1) is 6.66. The Morgan fingerprint density at radius 3 is 2.50 bits per heavy atom. The van der Waals surface area contributed by atoms with Crippen LogP contribution in [0.25, 0.3) is 0 Å². The third kappa shape index (κ3) is 0.619. The van der Waals surface area contributed by atoms with E-state index in [4.69, 9.17) is 5.73 Å². The molecule has 0 unspecified atom stereocenters. The van der Waals surface area contributed by atoms with Gasteiger partial charge in [-0.15, -0.1) is 0 Å². The lowest BCUT2D eigenvalue weighted by Gasteiger charge is -2.32. The molecular formula is C9H17N. The molecule has 58 valence electrons. The van der Waals surface area contributed by atoms with Crippen LogP contribution >= 0.6 is 0 Å². The minimum atomic E-state index is 0.492. The molecule has 2 N–H and O–H groups in total. The Morgan fingerprint density at radius 1 is 1.50 bits per heavy atom. The van der Waals surface area contributed by atoms with Crippen LogP contribution in [0.2, 0.25) is 0 Å². The number of rotatable bonds is 0. The van der Waals surface area contributed by atoms with E-state index in [1.165, 1.54) is 19.3 Å². The zero-order valence-electron chi connectivity index (χ0n) is 6.93. The summed E-state index contributed by atoms with van der Waals surface area (Å²) >= 11 is 0. The number of hydrogen-bond donors (Lipinski definition) is 1. The summed E-state index contributed by atoms with van der Waals surface area (Å²) in [5.41, 5.74) is 6.62. The summed E-state index contributed by atoms with van der Waals surface area (Å²) in [4.78, 5) is 0. The van der Waals surface area contributed by atoms with E-state index in [1.54, 1.807) is 0 Å². The molecule has 2 bridgehead atoms. The lowest BCUT2D eigenvalue weighted by Crippen LogP contribution is -2.40. The van der Waals surface area contributed by atoms with Gasteiger partial charge in [-0.25, -0.2) is 0 Å². The first-order valence-electron chi connectivity index (χ1n) is 4.39. The van der Waals surface area contributed by atoms with Gasteiger partial charge in [0.25, 0.3) is 0 Å². The van der Waals surface area contributed by atoms with Crippen molar-refractivity contribution >= 4 is 0 Å². The predicted molar refractivity (Wildman–Crippen MR) is 42.6 cm³/mol. The van der Waals surface area contributed by atoms with Gasteiger partial charge in [0.15, 0.2) is 0 Å². The van der Waals surface area contributed by atoms with Crippen molar-refractivity contribution < 1.29 is 0 Å². The van der Waals surface area contributed by atoms with Crippen molar-refractivity contribution in [1.29, 1.82) is 0 Å². The van der Waals surface area contributed by atoms with Crippen LogP contribution in [0.1, 0.15) is 33.1 Å². The van der Waals surface area contributed by atoms with Gasteiger partial charge in [-0.05, 0) is 36.5 Å². The van der Waals surface area contributed by atoms with Crippen molar-refractivity contribution in [2.24, 2.45) is 23.0 Å². The van der Waals surface area contributed by atoms with E-state index in [9.17, 15) is 0 Å². The highest BCUT2D eigenvalue weighted by atomic mass is 14.8. The van der Waals surface area contributed by atoms with E-state index in [0.717, 1.165) is 11.8 Å². The van der Waals surface area contributed by atoms with Gasteiger partial charge >= 0.3 is 0 Å². The van der Waals surface area contributed by atoms with Crippen LogP contribution in [0.5, 0.6) is 0 Å². The van der Waals surface area contributed by atoms with E-state index in [0.29, 0.717) is 11.5 Å². The zero-order valence-corrected chi connectivity index (χ0v) is 6.93. The Kier molecular flexibility index (Phi) is 1.17. The fraction of sp³-hybridized carbons (Fsp3) is 1.00. The highest BCUT2D eigenvalue weighted by Crippen LogP contribution is 2.55. The molecule has 1 heteroatoms. The first-order chi connectivity index (χ1) is 4.63. The minimum Gasteiger partial charge on any atom is -0.327 e. The zero-order chi connectivity index (χ0) is 7.35. The van der Waals surface area contributed by atoms with Gasteiger partial charge in [-0.2, -0.15) is 0 Å². The molecule has 0 heterocycles. The summed E-state index contributed by atoms with van der Waals surface area (Å²) in [6.45, 7) is 4.68. The fourth-order valence-corrected chi connectivity index (χ4v) is 3.00. The van der Waals surface area contributed by atoms with Crippen LogP contribution in [-0.4, -0.2) is 6.04 Å². The second-order valence-corrected chi connectivity index (χ2v) is 4.54. The standard InChI is InChI=1S/C9H17N/c1-6-7-3-4-9(2,5-7)8(6)10/h6-8H,3-5,10H2,1-2H3/t6-,7+,8+,9-/m1/s1. The van der Waals surface area contributed by atoms with Crippen molar-refractivity contribution in [1.82, 2.24) is 0 Å². The Bertz CT molecular complexity index is 155. The third-order valence-corrected chi connectivity index (χ3v) is 3.93. The predicted octanol–water partition coefficient (Wildman–Crippen LogP) is 1.77. The Balaban J connectivity index is 2.25. The highest BCUT2D eigenvalue weighted by Gasteiger charge is 2.51. The Morgan fingerprint density at radius 2 is 2.20 bits per heavy atom. The van der Waals surface area contributed by atoms with Crippen LogP contribution in [0.4, 0.5) is 0 Å². The van der Waals surface area contributed by atoms with Crippen LogP contribution < -0.4 is 5.73 Å². The molecule has 2 aliphatic carbocycles. The normalized spacial score (nSPS) is 59.7. The smallest absolute Gasteiger partial charge is 0.0121 e.